The Kier molecular flexibility index (Phi) is 3.36. The van der Waals surface area contributed by atoms with E-state index in [0.29, 0.717) is 24.9 Å². The van der Waals surface area contributed by atoms with E-state index in [2.05, 4.69) is 6.07 Å². The van der Waals surface area contributed by atoms with Crippen molar-refractivity contribution >= 4 is 0 Å². The number of hydrogen-bond donors (Lipinski definition) is 0. The molecule has 0 amide bonds. The first-order valence-electron chi connectivity index (χ1n) is 6.43. The fourth-order valence-corrected chi connectivity index (χ4v) is 2.34. The minimum absolute atomic E-state index is 0.273. The molecule has 0 fully saturated rings. The molecule has 0 aliphatic carbocycles. The highest BCUT2D eigenvalue weighted by molar-refractivity contribution is 5.38. The van der Waals surface area contributed by atoms with Gasteiger partial charge < -0.3 is 9.47 Å². The summed E-state index contributed by atoms with van der Waals surface area (Å²) in [5, 5.41) is 0. The number of halogens is 1. The lowest BCUT2D eigenvalue weighted by Gasteiger charge is -2.25. The maximum absolute atomic E-state index is 13.1. The standard InChI is InChI=1S/C16H15FO2/c17-13-4-3-5-14(10-13)19-11-12-8-9-18-16-7-2-1-6-15(12)16/h1-7,10,12H,8-9,11H2. The summed E-state index contributed by atoms with van der Waals surface area (Å²) in [7, 11) is 0. The number of ether oxygens (including phenoxy) is 2. The second-order valence-corrected chi connectivity index (χ2v) is 4.64. The molecule has 2 nitrogen and oxygen atoms in total. The molecular weight excluding hydrogens is 243 g/mol. The summed E-state index contributed by atoms with van der Waals surface area (Å²) in [5.74, 6) is 1.53. The van der Waals surface area contributed by atoms with E-state index in [0.717, 1.165) is 12.2 Å². The van der Waals surface area contributed by atoms with Crippen LogP contribution >= 0.6 is 0 Å². The topological polar surface area (TPSA) is 18.5 Å². The summed E-state index contributed by atoms with van der Waals surface area (Å²) in [6.45, 7) is 1.25. The van der Waals surface area contributed by atoms with Crippen molar-refractivity contribution in [3.05, 3.63) is 59.9 Å². The number of rotatable bonds is 3. The molecule has 0 spiro atoms. The largest absolute Gasteiger partial charge is 0.493 e. The van der Waals surface area contributed by atoms with Crippen LogP contribution in [0.1, 0.15) is 17.9 Å². The normalized spacial score (nSPS) is 17.4. The zero-order valence-electron chi connectivity index (χ0n) is 10.5. The monoisotopic (exact) mass is 258 g/mol. The molecule has 98 valence electrons. The van der Waals surface area contributed by atoms with Crippen LogP contribution in [0.5, 0.6) is 11.5 Å². The Bertz CT molecular complexity index is 568. The Balaban J connectivity index is 1.71. The molecule has 3 heteroatoms. The van der Waals surface area contributed by atoms with Gasteiger partial charge in [-0.25, -0.2) is 4.39 Å². The van der Waals surface area contributed by atoms with Crippen LogP contribution in [-0.2, 0) is 0 Å². The summed E-state index contributed by atoms with van der Waals surface area (Å²) >= 11 is 0. The van der Waals surface area contributed by atoms with Gasteiger partial charge in [0.05, 0.1) is 13.2 Å². The zero-order chi connectivity index (χ0) is 13.1. The first-order chi connectivity index (χ1) is 9.33. The number of hydrogen-bond acceptors (Lipinski definition) is 2. The molecule has 1 unspecified atom stereocenters. The van der Waals surface area contributed by atoms with Gasteiger partial charge in [-0.05, 0) is 24.6 Å². The lowest BCUT2D eigenvalue weighted by atomic mass is 9.94. The van der Waals surface area contributed by atoms with E-state index in [1.165, 1.54) is 17.7 Å². The van der Waals surface area contributed by atoms with E-state index in [4.69, 9.17) is 9.47 Å². The van der Waals surface area contributed by atoms with Gasteiger partial charge in [0.25, 0.3) is 0 Å². The van der Waals surface area contributed by atoms with Crippen LogP contribution in [0.4, 0.5) is 4.39 Å². The van der Waals surface area contributed by atoms with Crippen molar-refractivity contribution in [1.82, 2.24) is 0 Å². The molecule has 0 saturated carbocycles. The van der Waals surface area contributed by atoms with E-state index in [-0.39, 0.29) is 5.82 Å². The highest BCUT2D eigenvalue weighted by Crippen LogP contribution is 2.33. The molecule has 19 heavy (non-hydrogen) atoms. The average Bonchev–Trinajstić information content (AvgIpc) is 2.45. The van der Waals surface area contributed by atoms with Crippen LogP contribution in [0.25, 0.3) is 0 Å². The van der Waals surface area contributed by atoms with Gasteiger partial charge in [-0.1, -0.05) is 24.3 Å². The van der Waals surface area contributed by atoms with Crippen LogP contribution in [0.2, 0.25) is 0 Å². The van der Waals surface area contributed by atoms with Gasteiger partial charge >= 0.3 is 0 Å². The predicted molar refractivity (Wildman–Crippen MR) is 71.2 cm³/mol. The SMILES string of the molecule is Fc1cccc(OCC2CCOc3ccccc32)c1. The Morgan fingerprint density at radius 2 is 2.05 bits per heavy atom. The second-order valence-electron chi connectivity index (χ2n) is 4.64. The van der Waals surface area contributed by atoms with Crippen molar-refractivity contribution in [2.24, 2.45) is 0 Å². The third-order valence-electron chi connectivity index (χ3n) is 3.33. The van der Waals surface area contributed by atoms with Crippen molar-refractivity contribution in [2.45, 2.75) is 12.3 Å². The lowest BCUT2D eigenvalue weighted by Crippen LogP contribution is -2.19. The summed E-state index contributed by atoms with van der Waals surface area (Å²) in [5.41, 5.74) is 1.17. The third-order valence-corrected chi connectivity index (χ3v) is 3.33. The van der Waals surface area contributed by atoms with E-state index in [9.17, 15) is 4.39 Å². The molecule has 3 rings (SSSR count). The predicted octanol–water partition coefficient (Wildman–Crippen LogP) is 3.77. The Morgan fingerprint density at radius 3 is 2.95 bits per heavy atom. The quantitative estimate of drug-likeness (QED) is 0.834. The first kappa shape index (κ1) is 12.0. The molecule has 0 aromatic heterocycles. The van der Waals surface area contributed by atoms with Gasteiger partial charge in [-0.2, -0.15) is 0 Å². The molecule has 2 aromatic rings. The van der Waals surface area contributed by atoms with Gasteiger partial charge in [0.2, 0.25) is 0 Å². The van der Waals surface area contributed by atoms with Crippen molar-refractivity contribution in [3.8, 4) is 11.5 Å². The van der Waals surface area contributed by atoms with Crippen LogP contribution < -0.4 is 9.47 Å². The van der Waals surface area contributed by atoms with E-state index in [1.807, 2.05) is 18.2 Å². The van der Waals surface area contributed by atoms with Gasteiger partial charge in [0.15, 0.2) is 0 Å². The minimum atomic E-state index is -0.273. The number of para-hydroxylation sites is 1. The van der Waals surface area contributed by atoms with Crippen LogP contribution in [0.15, 0.2) is 48.5 Å². The van der Waals surface area contributed by atoms with Crippen molar-refractivity contribution in [2.75, 3.05) is 13.2 Å². The van der Waals surface area contributed by atoms with Crippen LogP contribution in [0.3, 0.4) is 0 Å². The zero-order valence-corrected chi connectivity index (χ0v) is 10.5. The molecule has 1 heterocycles. The van der Waals surface area contributed by atoms with E-state index < -0.39 is 0 Å². The maximum atomic E-state index is 13.1. The highest BCUT2D eigenvalue weighted by atomic mass is 19.1. The second kappa shape index (κ2) is 5.31. The molecule has 1 aliphatic rings. The summed E-state index contributed by atoms with van der Waals surface area (Å²) in [6, 6.07) is 14.3. The van der Waals surface area contributed by atoms with E-state index >= 15 is 0 Å². The molecule has 2 aromatic carbocycles. The van der Waals surface area contributed by atoms with Gasteiger partial charge in [0, 0.05) is 17.5 Å². The molecule has 1 aliphatic heterocycles. The summed E-state index contributed by atoms with van der Waals surface area (Å²) in [4.78, 5) is 0. The fourth-order valence-electron chi connectivity index (χ4n) is 2.34. The third kappa shape index (κ3) is 2.70. The highest BCUT2D eigenvalue weighted by Gasteiger charge is 2.21. The summed E-state index contributed by atoms with van der Waals surface area (Å²) in [6.07, 6.45) is 0.923. The minimum Gasteiger partial charge on any atom is -0.493 e. The van der Waals surface area contributed by atoms with Gasteiger partial charge in [0.1, 0.15) is 17.3 Å². The molecular formula is C16H15FO2. The number of fused-ring (bicyclic) bond motifs is 1. The van der Waals surface area contributed by atoms with Gasteiger partial charge in [-0.3, -0.25) is 0 Å². The molecule has 0 N–H and O–H groups in total. The smallest absolute Gasteiger partial charge is 0.126 e. The van der Waals surface area contributed by atoms with Crippen LogP contribution in [-0.4, -0.2) is 13.2 Å². The summed E-state index contributed by atoms with van der Waals surface area (Å²) < 4.78 is 24.4. The first-order valence-corrected chi connectivity index (χ1v) is 6.43. The lowest BCUT2D eigenvalue weighted by molar-refractivity contribution is 0.217. The molecule has 0 bridgehead atoms. The fraction of sp³-hybridized carbons (Fsp3) is 0.250. The van der Waals surface area contributed by atoms with Gasteiger partial charge in [-0.15, -0.1) is 0 Å². The van der Waals surface area contributed by atoms with E-state index in [1.54, 1.807) is 12.1 Å². The van der Waals surface area contributed by atoms with Crippen LogP contribution in [0, 0.1) is 5.82 Å². The van der Waals surface area contributed by atoms with Crippen molar-refractivity contribution < 1.29 is 13.9 Å². The average molecular weight is 258 g/mol. The Morgan fingerprint density at radius 1 is 1.16 bits per heavy atom. The van der Waals surface area contributed by atoms with Crippen molar-refractivity contribution in [1.29, 1.82) is 0 Å². The molecule has 0 saturated heterocycles. The maximum Gasteiger partial charge on any atom is 0.126 e. The number of benzene rings is 2. The Hall–Kier alpha value is -2.03. The molecule has 0 radical (unpaired) electrons. The Labute approximate surface area is 111 Å². The van der Waals surface area contributed by atoms with Crippen molar-refractivity contribution in [3.63, 3.8) is 0 Å². The molecule has 1 atom stereocenters.